The molecule has 0 unspecified atom stereocenters. The second-order valence-electron chi connectivity index (χ2n) is 4.84. The first-order valence-electron chi connectivity index (χ1n) is 7.23. The summed E-state index contributed by atoms with van der Waals surface area (Å²) in [5, 5.41) is 5.41. The summed E-state index contributed by atoms with van der Waals surface area (Å²) in [5.74, 6) is -0.124. The molecule has 1 aromatic carbocycles. The number of hydrogen-bond donors (Lipinski definition) is 1. The van der Waals surface area contributed by atoms with E-state index >= 15 is 0 Å². The van der Waals surface area contributed by atoms with Gasteiger partial charge in [0, 0.05) is 11.5 Å². The van der Waals surface area contributed by atoms with E-state index in [1.54, 1.807) is 17.4 Å². The van der Waals surface area contributed by atoms with Gasteiger partial charge in [-0.05, 0) is 30.7 Å². The highest BCUT2D eigenvalue weighted by atomic mass is 32.1. The Morgan fingerprint density at radius 3 is 2.67 bits per heavy atom. The number of esters is 1. The van der Waals surface area contributed by atoms with Crippen molar-refractivity contribution in [1.82, 2.24) is 10.3 Å². The van der Waals surface area contributed by atoms with Gasteiger partial charge < -0.3 is 14.8 Å². The Labute approximate surface area is 144 Å². The Morgan fingerprint density at radius 1 is 1.29 bits per heavy atom. The summed E-state index contributed by atoms with van der Waals surface area (Å²) in [7, 11) is 1.27. The first kappa shape index (κ1) is 17.7. The van der Waals surface area contributed by atoms with Gasteiger partial charge in [-0.15, -0.1) is 11.3 Å². The molecule has 1 amide bonds. The third-order valence-electron chi connectivity index (χ3n) is 3.00. The van der Waals surface area contributed by atoms with Crippen LogP contribution >= 0.6 is 11.3 Å². The highest BCUT2D eigenvalue weighted by Gasteiger charge is 2.02. The summed E-state index contributed by atoms with van der Waals surface area (Å²) in [6.07, 6.45) is 3.01. The molecule has 1 N–H and O–H groups in total. The van der Waals surface area contributed by atoms with Crippen LogP contribution in [-0.2, 0) is 20.9 Å². The molecule has 24 heavy (non-hydrogen) atoms. The minimum absolute atomic E-state index is 0.150. The molecule has 0 saturated carbocycles. The van der Waals surface area contributed by atoms with Gasteiger partial charge in [0.2, 0.25) is 5.91 Å². The summed E-state index contributed by atoms with van der Waals surface area (Å²) in [6.45, 7) is 2.23. The van der Waals surface area contributed by atoms with Crippen LogP contribution in [0, 0.1) is 6.92 Å². The summed E-state index contributed by atoms with van der Waals surface area (Å²) >= 11 is 1.59. The van der Waals surface area contributed by atoms with Gasteiger partial charge in [-0.25, -0.2) is 4.98 Å². The van der Waals surface area contributed by atoms with Crippen molar-refractivity contribution < 1.29 is 19.1 Å². The van der Waals surface area contributed by atoms with Crippen molar-refractivity contribution in [3.63, 3.8) is 0 Å². The molecule has 0 aliphatic rings. The highest BCUT2D eigenvalue weighted by molar-refractivity contribution is 7.09. The maximum Gasteiger partial charge on any atom is 0.325 e. The molecule has 0 saturated heterocycles. The van der Waals surface area contributed by atoms with E-state index in [9.17, 15) is 9.59 Å². The summed E-state index contributed by atoms with van der Waals surface area (Å²) < 4.78 is 10.1. The highest BCUT2D eigenvalue weighted by Crippen LogP contribution is 2.16. The zero-order chi connectivity index (χ0) is 17.4. The van der Waals surface area contributed by atoms with E-state index in [4.69, 9.17) is 4.74 Å². The fourth-order valence-electron chi connectivity index (χ4n) is 1.77. The normalized spacial score (nSPS) is 10.6. The molecule has 7 heteroatoms. The summed E-state index contributed by atoms with van der Waals surface area (Å²) in [5.41, 5.74) is 1.75. The summed E-state index contributed by atoms with van der Waals surface area (Å²) in [4.78, 5) is 26.8. The van der Waals surface area contributed by atoms with Crippen LogP contribution in [0.4, 0.5) is 0 Å². The number of methoxy groups -OCH3 is 1. The Kier molecular flexibility index (Phi) is 6.51. The van der Waals surface area contributed by atoms with E-state index < -0.39 is 5.97 Å². The number of nitrogens with one attached hydrogen (secondary N) is 1. The SMILES string of the molecule is COC(=O)CNC(=O)/C=C/c1ccc(OCc2csc(C)n2)cc1. The molecule has 1 heterocycles. The molecule has 0 aliphatic heterocycles. The number of hydrogen-bond acceptors (Lipinski definition) is 6. The van der Waals surface area contributed by atoms with Crippen molar-refractivity contribution in [1.29, 1.82) is 0 Å². The predicted molar refractivity (Wildman–Crippen MR) is 91.7 cm³/mol. The van der Waals surface area contributed by atoms with Gasteiger partial charge in [0.25, 0.3) is 0 Å². The molecule has 0 atom stereocenters. The topological polar surface area (TPSA) is 77.5 Å². The number of aromatic nitrogens is 1. The zero-order valence-corrected chi connectivity index (χ0v) is 14.3. The molecule has 126 valence electrons. The van der Waals surface area contributed by atoms with E-state index in [2.05, 4.69) is 15.0 Å². The van der Waals surface area contributed by atoms with Gasteiger partial charge in [0.1, 0.15) is 18.9 Å². The number of carbonyl (C=O) groups is 2. The maximum atomic E-state index is 11.5. The molecule has 0 fully saturated rings. The van der Waals surface area contributed by atoms with Crippen molar-refractivity contribution in [2.45, 2.75) is 13.5 Å². The molecule has 6 nitrogen and oxygen atoms in total. The number of ether oxygens (including phenoxy) is 2. The lowest BCUT2D eigenvalue weighted by Gasteiger charge is -2.04. The van der Waals surface area contributed by atoms with Gasteiger partial charge in [0.15, 0.2) is 0 Å². The molecular weight excluding hydrogens is 328 g/mol. The van der Waals surface area contributed by atoms with Gasteiger partial charge in [-0.3, -0.25) is 9.59 Å². The first-order valence-corrected chi connectivity index (χ1v) is 8.11. The average molecular weight is 346 g/mol. The number of nitrogens with zero attached hydrogens (tertiary/aromatic N) is 1. The smallest absolute Gasteiger partial charge is 0.325 e. The van der Waals surface area contributed by atoms with Crippen LogP contribution in [0.3, 0.4) is 0 Å². The third-order valence-corrected chi connectivity index (χ3v) is 3.82. The molecule has 2 aromatic rings. The van der Waals surface area contributed by atoms with Crippen LogP contribution in [0.25, 0.3) is 6.08 Å². The number of carbonyl (C=O) groups excluding carboxylic acids is 2. The molecule has 0 radical (unpaired) electrons. The minimum Gasteiger partial charge on any atom is -0.487 e. The summed E-state index contributed by atoms with van der Waals surface area (Å²) in [6, 6.07) is 7.33. The number of aryl methyl sites for hydroxylation is 1. The van der Waals surface area contributed by atoms with Crippen LogP contribution in [0.1, 0.15) is 16.3 Å². The van der Waals surface area contributed by atoms with E-state index in [0.29, 0.717) is 6.61 Å². The minimum atomic E-state index is -0.492. The molecule has 2 rings (SSSR count). The van der Waals surface area contributed by atoms with Crippen molar-refractivity contribution in [2.24, 2.45) is 0 Å². The monoisotopic (exact) mass is 346 g/mol. The molecule has 0 spiro atoms. The molecular formula is C17H18N2O4S. The molecule has 1 aromatic heterocycles. The van der Waals surface area contributed by atoms with Gasteiger partial charge >= 0.3 is 5.97 Å². The largest absolute Gasteiger partial charge is 0.487 e. The maximum absolute atomic E-state index is 11.5. The molecule has 0 bridgehead atoms. The van der Waals surface area contributed by atoms with E-state index in [0.717, 1.165) is 22.0 Å². The van der Waals surface area contributed by atoms with Crippen molar-refractivity contribution in [2.75, 3.05) is 13.7 Å². The van der Waals surface area contributed by atoms with Crippen LogP contribution in [0.5, 0.6) is 5.75 Å². The van der Waals surface area contributed by atoms with E-state index in [1.165, 1.54) is 13.2 Å². The number of thiazole rings is 1. The Balaban J connectivity index is 1.81. The van der Waals surface area contributed by atoms with E-state index in [1.807, 2.05) is 36.6 Å². The Hall–Kier alpha value is -2.67. The van der Waals surface area contributed by atoms with Gasteiger partial charge in [0.05, 0.1) is 17.8 Å². The first-order chi connectivity index (χ1) is 11.6. The second kappa shape index (κ2) is 8.83. The fourth-order valence-corrected chi connectivity index (χ4v) is 2.37. The van der Waals surface area contributed by atoms with Gasteiger partial charge in [-0.1, -0.05) is 12.1 Å². The van der Waals surface area contributed by atoms with Crippen molar-refractivity contribution in [3.05, 3.63) is 52.0 Å². The molecule has 0 aliphatic carbocycles. The lowest BCUT2D eigenvalue weighted by molar-refractivity contribution is -0.140. The number of amides is 1. The zero-order valence-electron chi connectivity index (χ0n) is 13.4. The Bertz CT molecular complexity index is 722. The van der Waals surface area contributed by atoms with Crippen LogP contribution in [0.2, 0.25) is 0 Å². The lowest BCUT2D eigenvalue weighted by atomic mass is 10.2. The number of rotatable bonds is 7. The van der Waals surface area contributed by atoms with Gasteiger partial charge in [-0.2, -0.15) is 0 Å². The van der Waals surface area contributed by atoms with Crippen LogP contribution in [0.15, 0.2) is 35.7 Å². The van der Waals surface area contributed by atoms with Crippen molar-refractivity contribution in [3.8, 4) is 5.75 Å². The quantitative estimate of drug-likeness (QED) is 0.615. The standard InChI is InChI=1S/C17H18N2O4S/c1-12-19-14(11-24-12)10-23-15-6-3-13(4-7-15)5-8-16(20)18-9-17(21)22-2/h3-8,11H,9-10H2,1-2H3,(H,18,20)/b8-5+. The van der Waals surface area contributed by atoms with Crippen molar-refractivity contribution >= 4 is 29.3 Å². The lowest BCUT2D eigenvalue weighted by Crippen LogP contribution is -2.28. The van der Waals surface area contributed by atoms with Crippen LogP contribution in [-0.4, -0.2) is 30.5 Å². The average Bonchev–Trinajstić information content (AvgIpc) is 3.02. The second-order valence-corrected chi connectivity index (χ2v) is 5.91. The third kappa shape index (κ3) is 5.85. The predicted octanol–water partition coefficient (Wildman–Crippen LogP) is 2.33. The Morgan fingerprint density at radius 2 is 2.04 bits per heavy atom. The van der Waals surface area contributed by atoms with Crippen LogP contribution < -0.4 is 10.1 Å². The fraction of sp³-hybridized carbons (Fsp3) is 0.235. The van der Waals surface area contributed by atoms with E-state index in [-0.39, 0.29) is 12.5 Å². The number of benzene rings is 1.